The Labute approximate surface area is 168 Å². The molecule has 28 heavy (non-hydrogen) atoms. The van der Waals surface area contributed by atoms with Crippen LogP contribution in [0.25, 0.3) is 0 Å². The molecule has 1 aromatic carbocycles. The highest BCUT2D eigenvalue weighted by Crippen LogP contribution is 2.19. The lowest BCUT2D eigenvalue weighted by atomic mass is 9.95. The average Bonchev–Trinajstić information content (AvgIpc) is 2.74. The minimum absolute atomic E-state index is 0.00414. The van der Waals surface area contributed by atoms with Gasteiger partial charge in [0.15, 0.2) is 0 Å². The number of amides is 2. The number of benzene rings is 1. The molecule has 0 aliphatic heterocycles. The van der Waals surface area contributed by atoms with Gasteiger partial charge in [0.1, 0.15) is 0 Å². The topological polar surface area (TPSA) is 70.2 Å². The molecule has 0 aromatic heterocycles. The van der Waals surface area contributed by atoms with E-state index in [9.17, 15) is 9.59 Å². The SMILES string of the molecule is O=C(CNc1ccc(C(=O)NC2CCCCC2)cc1)NCCC1=CCCCC1. The summed E-state index contributed by atoms with van der Waals surface area (Å²) in [4.78, 5) is 24.3. The fraction of sp³-hybridized carbons (Fsp3) is 0.565. The van der Waals surface area contributed by atoms with Crippen LogP contribution in [0.5, 0.6) is 0 Å². The molecule has 0 radical (unpaired) electrons. The Morgan fingerprint density at radius 1 is 0.964 bits per heavy atom. The van der Waals surface area contributed by atoms with Crippen LogP contribution in [0.2, 0.25) is 0 Å². The molecule has 0 atom stereocenters. The van der Waals surface area contributed by atoms with Crippen molar-refractivity contribution < 1.29 is 9.59 Å². The molecular weight excluding hydrogens is 350 g/mol. The maximum Gasteiger partial charge on any atom is 0.251 e. The van der Waals surface area contributed by atoms with Gasteiger partial charge in [-0.15, -0.1) is 0 Å². The Kier molecular flexibility index (Phi) is 7.94. The smallest absolute Gasteiger partial charge is 0.251 e. The zero-order chi connectivity index (χ0) is 19.6. The Morgan fingerprint density at radius 2 is 1.75 bits per heavy atom. The molecule has 0 bridgehead atoms. The van der Waals surface area contributed by atoms with E-state index >= 15 is 0 Å². The zero-order valence-corrected chi connectivity index (χ0v) is 16.8. The zero-order valence-electron chi connectivity index (χ0n) is 16.8. The molecular formula is C23H33N3O2. The molecule has 1 aromatic rings. The van der Waals surface area contributed by atoms with Gasteiger partial charge >= 0.3 is 0 Å². The summed E-state index contributed by atoms with van der Waals surface area (Å²) in [5.41, 5.74) is 2.99. The summed E-state index contributed by atoms with van der Waals surface area (Å²) in [7, 11) is 0. The average molecular weight is 384 g/mol. The molecule has 5 nitrogen and oxygen atoms in total. The third kappa shape index (κ3) is 6.70. The second kappa shape index (κ2) is 10.9. The molecule has 2 aliphatic carbocycles. The molecule has 1 saturated carbocycles. The van der Waals surface area contributed by atoms with Crippen molar-refractivity contribution in [1.29, 1.82) is 0 Å². The lowest BCUT2D eigenvalue weighted by molar-refractivity contribution is -0.119. The van der Waals surface area contributed by atoms with Crippen molar-refractivity contribution in [3.63, 3.8) is 0 Å². The molecule has 0 spiro atoms. The first-order valence-electron chi connectivity index (χ1n) is 10.8. The highest BCUT2D eigenvalue weighted by molar-refractivity contribution is 5.94. The maximum absolute atomic E-state index is 12.3. The first-order chi connectivity index (χ1) is 13.7. The van der Waals surface area contributed by atoms with E-state index in [1.807, 2.05) is 24.3 Å². The second-order valence-corrected chi connectivity index (χ2v) is 7.95. The van der Waals surface area contributed by atoms with Gasteiger partial charge in [-0.05, 0) is 69.2 Å². The van der Waals surface area contributed by atoms with Crippen molar-refractivity contribution >= 4 is 17.5 Å². The summed E-state index contributed by atoms with van der Waals surface area (Å²) in [5.74, 6) is -0.0104. The van der Waals surface area contributed by atoms with Gasteiger partial charge in [-0.1, -0.05) is 30.9 Å². The lowest BCUT2D eigenvalue weighted by Gasteiger charge is -2.22. The van der Waals surface area contributed by atoms with E-state index in [-0.39, 0.29) is 18.4 Å². The Bertz CT molecular complexity index is 676. The Hall–Kier alpha value is -2.30. The normalized spacial score (nSPS) is 17.5. The molecule has 1 fully saturated rings. The summed E-state index contributed by atoms with van der Waals surface area (Å²) in [6.45, 7) is 0.944. The number of hydrogen-bond acceptors (Lipinski definition) is 3. The highest BCUT2D eigenvalue weighted by Gasteiger charge is 2.16. The first kappa shape index (κ1) is 20.4. The van der Waals surface area contributed by atoms with Crippen molar-refractivity contribution in [2.75, 3.05) is 18.4 Å². The Morgan fingerprint density at radius 3 is 2.46 bits per heavy atom. The first-order valence-corrected chi connectivity index (χ1v) is 10.8. The van der Waals surface area contributed by atoms with Crippen molar-refractivity contribution in [3.8, 4) is 0 Å². The fourth-order valence-electron chi connectivity index (χ4n) is 3.99. The van der Waals surface area contributed by atoms with Crippen LogP contribution in [-0.2, 0) is 4.79 Å². The van der Waals surface area contributed by atoms with E-state index in [1.165, 1.54) is 50.5 Å². The molecule has 0 saturated heterocycles. The van der Waals surface area contributed by atoms with Crippen LogP contribution in [0.1, 0.15) is 74.6 Å². The van der Waals surface area contributed by atoms with E-state index < -0.39 is 0 Å². The number of carbonyl (C=O) groups excluding carboxylic acids is 2. The molecule has 152 valence electrons. The van der Waals surface area contributed by atoms with Crippen LogP contribution in [-0.4, -0.2) is 30.9 Å². The largest absolute Gasteiger partial charge is 0.376 e. The second-order valence-electron chi connectivity index (χ2n) is 7.95. The van der Waals surface area contributed by atoms with Gasteiger partial charge in [0.2, 0.25) is 5.91 Å². The van der Waals surface area contributed by atoms with Crippen molar-refractivity contribution in [1.82, 2.24) is 10.6 Å². The predicted molar refractivity (Wildman–Crippen MR) is 113 cm³/mol. The number of anilines is 1. The number of nitrogens with one attached hydrogen (secondary N) is 3. The molecule has 5 heteroatoms. The summed E-state index contributed by atoms with van der Waals surface area (Å²) >= 11 is 0. The standard InChI is InChI=1S/C23H33N3O2/c27-22(24-16-15-18-7-3-1-4-8-18)17-25-20-13-11-19(12-14-20)23(28)26-21-9-5-2-6-10-21/h7,11-14,21,25H,1-6,8-10,15-17H2,(H,24,27)(H,26,28). The van der Waals surface area contributed by atoms with E-state index in [0.717, 1.165) is 24.9 Å². The van der Waals surface area contributed by atoms with Crippen molar-refractivity contribution in [2.24, 2.45) is 0 Å². The van der Waals surface area contributed by atoms with Crippen LogP contribution >= 0.6 is 0 Å². The number of rotatable bonds is 8. The van der Waals surface area contributed by atoms with Gasteiger partial charge in [-0.3, -0.25) is 9.59 Å². The van der Waals surface area contributed by atoms with Gasteiger partial charge < -0.3 is 16.0 Å². The van der Waals surface area contributed by atoms with Gasteiger partial charge in [-0.2, -0.15) is 0 Å². The number of allylic oxidation sites excluding steroid dienone is 1. The molecule has 3 N–H and O–H groups in total. The van der Waals surface area contributed by atoms with E-state index in [1.54, 1.807) is 0 Å². The Balaban J connectivity index is 1.35. The molecule has 0 unspecified atom stereocenters. The van der Waals surface area contributed by atoms with E-state index in [4.69, 9.17) is 0 Å². The maximum atomic E-state index is 12.3. The quantitative estimate of drug-likeness (QED) is 0.590. The predicted octanol–water partition coefficient (Wildman–Crippen LogP) is 4.17. The van der Waals surface area contributed by atoms with Gasteiger partial charge in [0.25, 0.3) is 5.91 Å². The fourth-order valence-corrected chi connectivity index (χ4v) is 3.99. The summed E-state index contributed by atoms with van der Waals surface area (Å²) < 4.78 is 0. The highest BCUT2D eigenvalue weighted by atomic mass is 16.2. The molecule has 0 heterocycles. The van der Waals surface area contributed by atoms with Crippen LogP contribution in [0.4, 0.5) is 5.69 Å². The van der Waals surface area contributed by atoms with Gasteiger partial charge in [0.05, 0.1) is 6.54 Å². The van der Waals surface area contributed by atoms with Crippen LogP contribution in [0.3, 0.4) is 0 Å². The van der Waals surface area contributed by atoms with E-state index in [2.05, 4.69) is 22.0 Å². The van der Waals surface area contributed by atoms with Gasteiger partial charge in [-0.25, -0.2) is 0 Å². The van der Waals surface area contributed by atoms with Crippen LogP contribution in [0.15, 0.2) is 35.9 Å². The van der Waals surface area contributed by atoms with Crippen molar-refractivity contribution in [2.45, 2.75) is 70.3 Å². The lowest BCUT2D eigenvalue weighted by Crippen LogP contribution is -2.36. The third-order valence-electron chi connectivity index (χ3n) is 5.69. The third-order valence-corrected chi connectivity index (χ3v) is 5.69. The molecule has 2 aliphatic rings. The van der Waals surface area contributed by atoms with E-state index in [0.29, 0.717) is 18.2 Å². The monoisotopic (exact) mass is 383 g/mol. The minimum atomic E-state index is -0.00629. The van der Waals surface area contributed by atoms with Crippen molar-refractivity contribution in [3.05, 3.63) is 41.5 Å². The number of carbonyl (C=O) groups is 2. The summed E-state index contributed by atoms with van der Waals surface area (Å²) in [5, 5.41) is 9.22. The van der Waals surface area contributed by atoms with Crippen LogP contribution < -0.4 is 16.0 Å². The van der Waals surface area contributed by atoms with Crippen LogP contribution in [0, 0.1) is 0 Å². The molecule has 3 rings (SSSR count). The minimum Gasteiger partial charge on any atom is -0.376 e. The van der Waals surface area contributed by atoms with Gasteiger partial charge in [0, 0.05) is 23.8 Å². The molecule has 2 amide bonds. The number of hydrogen-bond donors (Lipinski definition) is 3. The summed E-state index contributed by atoms with van der Waals surface area (Å²) in [6, 6.07) is 7.65. The summed E-state index contributed by atoms with van der Waals surface area (Å²) in [6.07, 6.45) is 14.0.